The van der Waals surface area contributed by atoms with Gasteiger partial charge in [-0.25, -0.2) is 4.79 Å². The predicted octanol–water partition coefficient (Wildman–Crippen LogP) is 15.0. The Hall–Kier alpha value is -5.14. The first-order chi connectivity index (χ1) is 37.6. The first kappa shape index (κ1) is 69.9. The molecule has 0 bridgehead atoms. The summed E-state index contributed by atoms with van der Waals surface area (Å²) in [7, 11) is 0. The van der Waals surface area contributed by atoms with E-state index in [2.05, 4.69) is 118 Å². The fourth-order valence-electron chi connectivity index (χ4n) is 7.88. The van der Waals surface area contributed by atoms with Crippen molar-refractivity contribution in [2.24, 2.45) is 0 Å². The van der Waals surface area contributed by atoms with Gasteiger partial charge in [0.15, 0.2) is 24.6 Å². The van der Waals surface area contributed by atoms with Gasteiger partial charge in [0.25, 0.3) is 0 Å². The Labute approximate surface area is 464 Å². The summed E-state index contributed by atoms with van der Waals surface area (Å²) >= 11 is 0. The lowest BCUT2D eigenvalue weighted by Gasteiger charge is -2.40. The molecular formula is C65H100O12. The number of esters is 3. The molecule has 0 aromatic heterocycles. The first-order valence-corrected chi connectivity index (χ1v) is 29.2. The molecule has 1 rings (SSSR count). The molecule has 0 radical (unpaired) electrons. The van der Waals surface area contributed by atoms with Crippen LogP contribution >= 0.6 is 0 Å². The van der Waals surface area contributed by atoms with E-state index in [0.29, 0.717) is 25.7 Å². The number of hydrogen-bond donors (Lipinski definition) is 3. The largest absolute Gasteiger partial charge is 0.479 e. The van der Waals surface area contributed by atoms with Crippen molar-refractivity contribution in [2.75, 3.05) is 13.2 Å². The van der Waals surface area contributed by atoms with E-state index in [1.165, 1.54) is 57.8 Å². The number of carboxylic acid groups (broad SMARTS) is 1. The van der Waals surface area contributed by atoms with Gasteiger partial charge in [-0.2, -0.15) is 0 Å². The molecule has 3 N–H and O–H groups in total. The maximum Gasteiger partial charge on any atom is 0.335 e. The van der Waals surface area contributed by atoms with Crippen LogP contribution in [0.1, 0.15) is 201 Å². The average molecular weight is 1070 g/mol. The van der Waals surface area contributed by atoms with Crippen LogP contribution in [-0.2, 0) is 42.9 Å². The Balaban J connectivity index is 2.79. The van der Waals surface area contributed by atoms with Gasteiger partial charge >= 0.3 is 23.9 Å². The fraction of sp³-hybridized carbons (Fsp3) is 0.600. The summed E-state index contributed by atoms with van der Waals surface area (Å²) in [5, 5.41) is 31.4. The number of unbranched alkanes of at least 4 members (excludes halogenated alkanes) is 12. The van der Waals surface area contributed by atoms with E-state index in [1.54, 1.807) is 12.2 Å². The summed E-state index contributed by atoms with van der Waals surface area (Å²) in [6, 6.07) is 0. The second-order valence-electron chi connectivity index (χ2n) is 19.2. The van der Waals surface area contributed by atoms with Gasteiger partial charge in [-0.15, -0.1) is 0 Å². The van der Waals surface area contributed by atoms with Crippen molar-refractivity contribution in [1.82, 2.24) is 0 Å². The SMILES string of the molecule is CC/C=C\C/C=C\C/C=C\C/C=C\C/C=C\C/C=C\CCC(=O)OCC(COC1OC(C(=O)O)C(O)C(O)C1OC(=O)C/C=C\C/C=C\C/C=C\C/C=C\C/C=C\CC)OC(=O)CCCCCCCCCCCCCCC. The molecule has 0 spiro atoms. The van der Waals surface area contributed by atoms with Crippen molar-refractivity contribution in [1.29, 1.82) is 0 Å². The number of carbonyl (C=O) groups is 4. The van der Waals surface area contributed by atoms with Crippen LogP contribution in [0.25, 0.3) is 0 Å². The van der Waals surface area contributed by atoms with Crippen LogP contribution in [0.3, 0.4) is 0 Å². The number of carboxylic acids is 1. The highest BCUT2D eigenvalue weighted by Crippen LogP contribution is 2.26. The van der Waals surface area contributed by atoms with E-state index >= 15 is 0 Å². The van der Waals surface area contributed by atoms with Gasteiger partial charge in [-0.1, -0.05) is 231 Å². The molecular weight excluding hydrogens is 973 g/mol. The number of ether oxygens (including phenoxy) is 5. The monoisotopic (exact) mass is 1070 g/mol. The average Bonchev–Trinajstić information content (AvgIpc) is 3.42. The third kappa shape index (κ3) is 41.6. The van der Waals surface area contributed by atoms with Crippen molar-refractivity contribution < 1.29 is 58.2 Å². The molecule has 1 fully saturated rings. The van der Waals surface area contributed by atoms with Crippen LogP contribution in [0.4, 0.5) is 0 Å². The van der Waals surface area contributed by atoms with Crippen molar-refractivity contribution in [3.63, 3.8) is 0 Å². The number of aliphatic hydroxyl groups excluding tert-OH is 2. The van der Waals surface area contributed by atoms with Crippen molar-refractivity contribution >= 4 is 23.9 Å². The van der Waals surface area contributed by atoms with Gasteiger partial charge in [0.1, 0.15) is 18.8 Å². The van der Waals surface area contributed by atoms with Gasteiger partial charge in [0.2, 0.25) is 0 Å². The molecule has 77 heavy (non-hydrogen) atoms. The molecule has 12 nitrogen and oxygen atoms in total. The zero-order valence-electron chi connectivity index (χ0n) is 47.4. The van der Waals surface area contributed by atoms with Crippen LogP contribution in [0.15, 0.2) is 134 Å². The summed E-state index contributed by atoms with van der Waals surface area (Å²) in [6.45, 7) is 5.64. The molecule has 6 unspecified atom stereocenters. The van der Waals surface area contributed by atoms with E-state index < -0.39 is 67.3 Å². The number of hydrogen-bond acceptors (Lipinski definition) is 11. The highest BCUT2D eigenvalue weighted by Gasteiger charge is 2.50. The van der Waals surface area contributed by atoms with Gasteiger partial charge in [-0.05, 0) is 83.5 Å². The molecule has 1 aliphatic heterocycles. The van der Waals surface area contributed by atoms with Crippen molar-refractivity contribution in [2.45, 2.75) is 237 Å². The summed E-state index contributed by atoms with van der Waals surface area (Å²) in [5.74, 6) is -3.41. The minimum absolute atomic E-state index is 0.0780. The zero-order chi connectivity index (χ0) is 56.1. The lowest BCUT2D eigenvalue weighted by atomic mass is 9.98. The van der Waals surface area contributed by atoms with Crippen LogP contribution in [0.2, 0.25) is 0 Å². The molecule has 6 atom stereocenters. The number of carbonyl (C=O) groups excluding carboxylic acids is 3. The standard InChI is InChI=1S/C65H100O12/c1-4-7-10-13-16-19-22-25-27-28-29-30-32-34-36-39-42-45-48-51-57(66)73-54-56(75-58(67)52-49-46-43-40-37-33-24-21-18-15-12-9-6-3)55-74-65-63(61(70)60(69)62(77-65)64(71)72)76-59(68)53-50-47-44-41-38-35-31-26-23-20-17-14-11-8-5-2/h7-8,10-11,16-17,19-20,25-27,29-31,34,36,38,41-42,45,47,50,56,60-63,65,69-70H,4-6,9,12-15,18,21-24,28,32-33,35,37,39-40,43-44,46,48-49,51-55H2,1-3H3,(H,71,72)/b10-7-,11-8-,19-16-,20-17-,27-25-,30-29-,31-26-,36-34-,41-38-,45-42-,50-47-. The normalized spacial score (nSPS) is 19.0. The van der Waals surface area contributed by atoms with Crippen molar-refractivity contribution in [3.8, 4) is 0 Å². The Morgan fingerprint density at radius 3 is 1.29 bits per heavy atom. The van der Waals surface area contributed by atoms with Crippen molar-refractivity contribution in [3.05, 3.63) is 134 Å². The minimum Gasteiger partial charge on any atom is -0.479 e. The molecule has 0 amide bonds. The second kappa shape index (κ2) is 51.6. The summed E-state index contributed by atoms with van der Waals surface area (Å²) in [5.41, 5.74) is 0. The molecule has 0 aromatic rings. The summed E-state index contributed by atoms with van der Waals surface area (Å²) < 4.78 is 28.2. The van der Waals surface area contributed by atoms with Crippen LogP contribution in [-0.4, -0.2) is 89.2 Å². The highest BCUT2D eigenvalue weighted by atomic mass is 16.7. The molecule has 0 aliphatic carbocycles. The van der Waals surface area contributed by atoms with Gasteiger partial charge < -0.3 is 39.0 Å². The molecule has 0 aromatic carbocycles. The summed E-state index contributed by atoms with van der Waals surface area (Å²) in [4.78, 5) is 51.0. The van der Waals surface area contributed by atoms with E-state index in [-0.39, 0.29) is 25.9 Å². The minimum atomic E-state index is -1.95. The number of allylic oxidation sites excluding steroid dienone is 21. The topological polar surface area (TPSA) is 175 Å². The van der Waals surface area contributed by atoms with E-state index in [9.17, 15) is 34.5 Å². The molecule has 1 heterocycles. The molecule has 1 saturated heterocycles. The maximum atomic E-state index is 13.1. The second-order valence-corrected chi connectivity index (χ2v) is 19.2. The molecule has 1 aliphatic rings. The van der Waals surface area contributed by atoms with Gasteiger partial charge in [0, 0.05) is 12.8 Å². The number of rotatable bonds is 47. The number of aliphatic carboxylic acids is 1. The summed E-state index contributed by atoms with van der Waals surface area (Å²) in [6.07, 6.45) is 60.3. The lowest BCUT2D eigenvalue weighted by molar-refractivity contribution is -0.301. The van der Waals surface area contributed by atoms with Crippen LogP contribution in [0.5, 0.6) is 0 Å². The molecule has 432 valence electrons. The van der Waals surface area contributed by atoms with E-state index in [4.69, 9.17) is 23.7 Å². The zero-order valence-corrected chi connectivity index (χ0v) is 47.4. The van der Waals surface area contributed by atoms with Crippen LogP contribution in [0, 0.1) is 0 Å². The first-order valence-electron chi connectivity index (χ1n) is 29.2. The highest BCUT2D eigenvalue weighted by molar-refractivity contribution is 5.74. The quantitative estimate of drug-likeness (QED) is 0.0228. The fourth-order valence-corrected chi connectivity index (χ4v) is 7.88. The van der Waals surface area contributed by atoms with Crippen LogP contribution < -0.4 is 0 Å². The van der Waals surface area contributed by atoms with E-state index in [1.807, 2.05) is 24.3 Å². The Kier molecular flexibility index (Phi) is 46.8. The maximum absolute atomic E-state index is 13.1. The Morgan fingerprint density at radius 1 is 0.455 bits per heavy atom. The van der Waals surface area contributed by atoms with Gasteiger partial charge in [0.05, 0.1) is 13.0 Å². The Morgan fingerprint density at radius 2 is 0.857 bits per heavy atom. The smallest absolute Gasteiger partial charge is 0.335 e. The van der Waals surface area contributed by atoms with E-state index in [0.717, 1.165) is 77.0 Å². The molecule has 0 saturated carbocycles. The third-order valence-electron chi connectivity index (χ3n) is 12.3. The van der Waals surface area contributed by atoms with Gasteiger partial charge in [-0.3, -0.25) is 14.4 Å². The predicted molar refractivity (Wildman–Crippen MR) is 312 cm³/mol. The molecule has 12 heteroatoms. The third-order valence-corrected chi connectivity index (χ3v) is 12.3. The number of aliphatic hydroxyl groups is 2. The Bertz CT molecular complexity index is 1850. The lowest BCUT2D eigenvalue weighted by Crippen LogP contribution is -2.61.